The average molecular weight is 258 g/mol. The summed E-state index contributed by atoms with van der Waals surface area (Å²) in [5, 5.41) is 3.53. The SMILES string of the molecule is C=CC1=C(/C=C\C)CCN2C(=O)C3CCCC(N3)C12. The van der Waals surface area contributed by atoms with Gasteiger partial charge < -0.3 is 10.2 Å². The zero-order valence-corrected chi connectivity index (χ0v) is 11.6. The number of hydrogen-bond donors (Lipinski definition) is 1. The summed E-state index contributed by atoms with van der Waals surface area (Å²) in [5.74, 6) is 0.292. The van der Waals surface area contributed by atoms with Gasteiger partial charge in [-0.1, -0.05) is 24.8 Å². The number of fused-ring (bicyclic) bond motifs is 4. The molecule has 0 aromatic heterocycles. The van der Waals surface area contributed by atoms with Crippen molar-refractivity contribution in [3.8, 4) is 0 Å². The van der Waals surface area contributed by atoms with Gasteiger partial charge in [0.1, 0.15) is 0 Å². The van der Waals surface area contributed by atoms with Gasteiger partial charge in [-0.25, -0.2) is 0 Å². The maximum atomic E-state index is 12.5. The standard InChI is InChI=1S/C16H22N2O/c1-3-6-11-9-10-18-15(12(11)4-2)13-7-5-8-14(17-13)16(18)19/h3-4,6,13-15,17H,2,5,7-10H2,1H3/b6-3-. The largest absolute Gasteiger partial charge is 0.332 e. The van der Waals surface area contributed by atoms with Crippen LogP contribution in [-0.2, 0) is 4.79 Å². The number of amides is 1. The molecule has 3 aliphatic heterocycles. The Morgan fingerprint density at radius 1 is 1.42 bits per heavy atom. The lowest BCUT2D eigenvalue weighted by molar-refractivity contribution is -0.141. The van der Waals surface area contributed by atoms with Crippen LogP contribution in [0.1, 0.15) is 32.6 Å². The molecular formula is C16H22N2O. The van der Waals surface area contributed by atoms with Crippen LogP contribution in [0.5, 0.6) is 0 Å². The van der Waals surface area contributed by atoms with Gasteiger partial charge in [-0.3, -0.25) is 4.79 Å². The fourth-order valence-electron chi connectivity index (χ4n) is 3.81. The van der Waals surface area contributed by atoms with Crippen molar-refractivity contribution in [2.45, 2.75) is 50.7 Å². The number of hydrogen-bond acceptors (Lipinski definition) is 2. The van der Waals surface area contributed by atoms with Gasteiger partial charge in [0.2, 0.25) is 5.91 Å². The van der Waals surface area contributed by atoms with Gasteiger partial charge in [-0.15, -0.1) is 0 Å². The van der Waals surface area contributed by atoms with Crippen LogP contribution in [0.4, 0.5) is 0 Å². The van der Waals surface area contributed by atoms with Gasteiger partial charge in [-0.2, -0.15) is 0 Å². The number of carbonyl (C=O) groups excluding carboxylic acids is 1. The fraction of sp³-hybridized carbons (Fsp3) is 0.562. The summed E-state index contributed by atoms with van der Waals surface area (Å²) in [5.41, 5.74) is 2.59. The van der Waals surface area contributed by atoms with Crippen molar-refractivity contribution >= 4 is 5.91 Å². The molecule has 3 atom stereocenters. The summed E-state index contributed by atoms with van der Waals surface area (Å²) in [4.78, 5) is 14.6. The fourth-order valence-corrected chi connectivity index (χ4v) is 3.81. The molecule has 3 heterocycles. The van der Waals surface area contributed by atoms with Crippen molar-refractivity contribution in [3.05, 3.63) is 36.0 Å². The number of nitrogens with one attached hydrogen (secondary N) is 1. The smallest absolute Gasteiger partial charge is 0.240 e. The third-order valence-electron chi connectivity index (χ3n) is 4.62. The first-order valence-electron chi connectivity index (χ1n) is 7.31. The van der Waals surface area contributed by atoms with Gasteiger partial charge in [0.15, 0.2) is 0 Å². The van der Waals surface area contributed by atoms with E-state index in [0.717, 1.165) is 32.2 Å². The molecule has 2 fully saturated rings. The average Bonchev–Trinajstić information content (AvgIpc) is 2.45. The number of carbonyl (C=O) groups is 1. The molecule has 2 saturated heterocycles. The summed E-state index contributed by atoms with van der Waals surface area (Å²) in [6, 6.07) is 0.663. The Balaban J connectivity index is 2.01. The first-order chi connectivity index (χ1) is 9.26. The molecule has 1 N–H and O–H groups in total. The molecule has 0 spiro atoms. The lowest BCUT2D eigenvalue weighted by atomic mass is 9.80. The van der Waals surface area contributed by atoms with E-state index in [4.69, 9.17) is 0 Å². The van der Waals surface area contributed by atoms with Crippen molar-refractivity contribution in [2.75, 3.05) is 6.54 Å². The highest BCUT2D eigenvalue weighted by atomic mass is 16.2. The van der Waals surface area contributed by atoms with Gasteiger partial charge in [-0.05, 0) is 43.8 Å². The van der Waals surface area contributed by atoms with Crippen molar-refractivity contribution < 1.29 is 4.79 Å². The van der Waals surface area contributed by atoms with Crippen LogP contribution in [0, 0.1) is 0 Å². The maximum absolute atomic E-state index is 12.5. The summed E-state index contributed by atoms with van der Waals surface area (Å²) >= 11 is 0. The first kappa shape index (κ1) is 12.7. The lowest BCUT2D eigenvalue weighted by Gasteiger charge is -2.50. The van der Waals surface area contributed by atoms with Gasteiger partial charge in [0.05, 0.1) is 12.1 Å². The Bertz CT molecular complexity index is 463. The van der Waals surface area contributed by atoms with E-state index in [2.05, 4.69) is 28.9 Å². The molecule has 3 aliphatic rings. The molecule has 19 heavy (non-hydrogen) atoms. The van der Waals surface area contributed by atoms with Crippen LogP contribution >= 0.6 is 0 Å². The van der Waals surface area contributed by atoms with E-state index in [9.17, 15) is 4.79 Å². The third kappa shape index (κ3) is 1.96. The van der Waals surface area contributed by atoms with Crippen LogP contribution in [0.3, 0.4) is 0 Å². The van der Waals surface area contributed by atoms with Crippen LogP contribution < -0.4 is 5.32 Å². The molecule has 3 rings (SSSR count). The van der Waals surface area contributed by atoms with E-state index in [-0.39, 0.29) is 12.1 Å². The first-order valence-corrected chi connectivity index (χ1v) is 7.31. The summed E-state index contributed by atoms with van der Waals surface area (Å²) in [6.45, 7) is 6.88. The molecule has 3 unspecified atom stereocenters. The number of allylic oxidation sites excluding steroid dienone is 2. The molecule has 2 bridgehead atoms. The van der Waals surface area contributed by atoms with Crippen LogP contribution in [0.2, 0.25) is 0 Å². The van der Waals surface area contributed by atoms with E-state index < -0.39 is 0 Å². The summed E-state index contributed by atoms with van der Waals surface area (Å²) in [6.07, 6.45) is 10.5. The molecule has 102 valence electrons. The number of piperazine rings is 1. The lowest BCUT2D eigenvalue weighted by Crippen LogP contribution is -2.68. The predicted octanol–water partition coefficient (Wildman–Crippen LogP) is 2.17. The van der Waals surface area contributed by atoms with Gasteiger partial charge in [0, 0.05) is 12.6 Å². The van der Waals surface area contributed by atoms with Crippen molar-refractivity contribution in [3.63, 3.8) is 0 Å². The topological polar surface area (TPSA) is 32.3 Å². The molecule has 0 aliphatic carbocycles. The molecule has 0 saturated carbocycles. The molecule has 0 aromatic carbocycles. The quantitative estimate of drug-likeness (QED) is 0.823. The second-order valence-electron chi connectivity index (χ2n) is 5.67. The second kappa shape index (κ2) is 4.97. The molecule has 1 amide bonds. The van der Waals surface area contributed by atoms with Gasteiger partial charge in [0.25, 0.3) is 0 Å². The zero-order chi connectivity index (χ0) is 13.4. The molecule has 3 heteroatoms. The molecule has 0 radical (unpaired) electrons. The normalized spacial score (nSPS) is 34.7. The van der Waals surface area contributed by atoms with Crippen LogP contribution in [-0.4, -0.2) is 35.5 Å². The number of rotatable bonds is 2. The minimum absolute atomic E-state index is 0.0596. The van der Waals surface area contributed by atoms with E-state index in [0.29, 0.717) is 11.9 Å². The van der Waals surface area contributed by atoms with Gasteiger partial charge >= 0.3 is 0 Å². The highest BCUT2D eigenvalue weighted by molar-refractivity contribution is 5.84. The minimum atomic E-state index is 0.0596. The van der Waals surface area contributed by atoms with Crippen molar-refractivity contribution in [1.29, 1.82) is 0 Å². The number of nitrogens with zero attached hydrogens (tertiary/aromatic N) is 1. The number of piperidine rings is 1. The summed E-state index contributed by atoms with van der Waals surface area (Å²) < 4.78 is 0. The second-order valence-corrected chi connectivity index (χ2v) is 5.67. The maximum Gasteiger partial charge on any atom is 0.240 e. The summed E-state index contributed by atoms with van der Waals surface area (Å²) in [7, 11) is 0. The molecular weight excluding hydrogens is 236 g/mol. The Morgan fingerprint density at radius 3 is 3.00 bits per heavy atom. The van der Waals surface area contributed by atoms with Crippen molar-refractivity contribution in [1.82, 2.24) is 10.2 Å². The monoisotopic (exact) mass is 258 g/mol. The van der Waals surface area contributed by atoms with Crippen LogP contribution in [0.25, 0.3) is 0 Å². The highest BCUT2D eigenvalue weighted by Crippen LogP contribution is 2.35. The van der Waals surface area contributed by atoms with Crippen molar-refractivity contribution in [2.24, 2.45) is 0 Å². The third-order valence-corrected chi connectivity index (χ3v) is 4.62. The van der Waals surface area contributed by atoms with Crippen LogP contribution in [0.15, 0.2) is 36.0 Å². The highest BCUT2D eigenvalue weighted by Gasteiger charge is 2.45. The van der Waals surface area contributed by atoms with E-state index in [1.54, 1.807) is 0 Å². The zero-order valence-electron chi connectivity index (χ0n) is 11.6. The van der Waals surface area contributed by atoms with E-state index >= 15 is 0 Å². The van der Waals surface area contributed by atoms with E-state index in [1.165, 1.54) is 11.1 Å². The van der Waals surface area contributed by atoms with E-state index in [1.807, 2.05) is 13.0 Å². The molecule has 0 aromatic rings. The Kier molecular flexibility index (Phi) is 3.31. The Labute approximate surface area is 115 Å². The predicted molar refractivity (Wildman–Crippen MR) is 76.7 cm³/mol. The Hall–Kier alpha value is -1.35. The molecule has 3 nitrogen and oxygen atoms in total. The Morgan fingerprint density at radius 2 is 2.26 bits per heavy atom. The minimum Gasteiger partial charge on any atom is -0.332 e.